The molecule has 0 saturated heterocycles. The highest BCUT2D eigenvalue weighted by molar-refractivity contribution is 5.94. The van der Waals surface area contributed by atoms with Gasteiger partial charge in [0.25, 0.3) is 5.91 Å². The first-order valence-corrected chi connectivity index (χ1v) is 9.77. The maximum absolute atomic E-state index is 12.6. The fourth-order valence-corrected chi connectivity index (χ4v) is 3.43. The zero-order valence-corrected chi connectivity index (χ0v) is 17.2. The molecule has 0 aliphatic rings. The van der Waals surface area contributed by atoms with Crippen molar-refractivity contribution in [2.24, 2.45) is 0 Å². The second-order valence-corrected chi connectivity index (χ2v) is 7.46. The number of benzene rings is 2. The topological polar surface area (TPSA) is 115 Å². The van der Waals surface area contributed by atoms with Crippen LogP contribution >= 0.6 is 0 Å². The smallest absolute Gasteiger partial charge is 0.267 e. The molecule has 0 atom stereocenters. The van der Waals surface area contributed by atoms with Crippen molar-refractivity contribution < 1.29 is 25.2 Å². The van der Waals surface area contributed by atoms with Crippen molar-refractivity contribution >= 4 is 5.91 Å². The molecule has 158 valence electrons. The summed E-state index contributed by atoms with van der Waals surface area (Å²) in [6.07, 6.45) is 0. The summed E-state index contributed by atoms with van der Waals surface area (Å²) >= 11 is 0. The Hall–Kier alpha value is -3.61. The molecule has 0 aliphatic carbocycles. The van der Waals surface area contributed by atoms with Crippen molar-refractivity contribution in [2.75, 3.05) is 6.54 Å². The first-order chi connectivity index (χ1) is 14.2. The van der Waals surface area contributed by atoms with Crippen LogP contribution in [0.4, 0.5) is 0 Å². The molecular weight excluding hydrogens is 384 g/mol. The number of hydrogen-bond acceptors (Lipinski definition) is 5. The summed E-state index contributed by atoms with van der Waals surface area (Å²) in [5.41, 5.74) is 2.80. The van der Waals surface area contributed by atoms with Gasteiger partial charge in [-0.05, 0) is 54.3 Å². The number of amides is 1. The van der Waals surface area contributed by atoms with Crippen LogP contribution in [-0.2, 0) is 6.54 Å². The number of rotatable bonds is 6. The Balaban J connectivity index is 2.17. The fraction of sp³-hybridized carbons (Fsp3) is 0.261. The number of phenols is 4. The first-order valence-electron chi connectivity index (χ1n) is 9.77. The Kier molecular flexibility index (Phi) is 5.91. The minimum Gasteiger partial charge on any atom is -0.508 e. The lowest BCUT2D eigenvalue weighted by atomic mass is 9.97. The molecule has 3 rings (SSSR count). The van der Waals surface area contributed by atoms with Crippen LogP contribution in [-0.4, -0.2) is 37.4 Å². The maximum Gasteiger partial charge on any atom is 0.267 e. The number of carbonyl (C=O) groups is 1. The fourth-order valence-electron chi connectivity index (χ4n) is 3.43. The van der Waals surface area contributed by atoms with E-state index >= 15 is 0 Å². The van der Waals surface area contributed by atoms with Crippen LogP contribution in [0.25, 0.3) is 11.3 Å². The quantitative estimate of drug-likeness (QED) is 0.395. The van der Waals surface area contributed by atoms with E-state index in [-0.39, 0.29) is 41.4 Å². The lowest BCUT2D eigenvalue weighted by molar-refractivity contribution is 0.0947. The van der Waals surface area contributed by atoms with Crippen LogP contribution < -0.4 is 5.32 Å². The van der Waals surface area contributed by atoms with E-state index in [4.69, 9.17) is 0 Å². The van der Waals surface area contributed by atoms with Gasteiger partial charge in [-0.3, -0.25) is 4.79 Å². The second kappa shape index (κ2) is 8.41. The largest absolute Gasteiger partial charge is 0.508 e. The Labute approximate surface area is 174 Å². The van der Waals surface area contributed by atoms with Gasteiger partial charge in [-0.2, -0.15) is 0 Å². The number of hydrogen-bond donors (Lipinski definition) is 5. The van der Waals surface area contributed by atoms with E-state index in [1.54, 1.807) is 28.8 Å². The monoisotopic (exact) mass is 410 g/mol. The van der Waals surface area contributed by atoms with Gasteiger partial charge < -0.3 is 30.3 Å². The predicted molar refractivity (Wildman–Crippen MR) is 114 cm³/mol. The number of carbonyl (C=O) groups excluding carboxylic acids is 1. The van der Waals surface area contributed by atoms with Crippen molar-refractivity contribution in [3.8, 4) is 34.3 Å². The molecule has 7 nitrogen and oxygen atoms in total. The Morgan fingerprint density at radius 2 is 1.67 bits per heavy atom. The van der Waals surface area contributed by atoms with E-state index < -0.39 is 0 Å². The summed E-state index contributed by atoms with van der Waals surface area (Å²) in [5.74, 6) is -0.814. The van der Waals surface area contributed by atoms with Gasteiger partial charge in [-0.1, -0.05) is 19.9 Å². The molecule has 0 radical (unpaired) electrons. The lowest BCUT2D eigenvalue weighted by Crippen LogP contribution is -2.25. The van der Waals surface area contributed by atoms with Crippen molar-refractivity contribution in [2.45, 2.75) is 33.2 Å². The van der Waals surface area contributed by atoms with Gasteiger partial charge in [0.15, 0.2) is 11.5 Å². The third kappa shape index (κ3) is 4.05. The van der Waals surface area contributed by atoms with Crippen molar-refractivity contribution in [3.05, 3.63) is 59.3 Å². The van der Waals surface area contributed by atoms with Crippen LogP contribution in [0.5, 0.6) is 23.0 Å². The van der Waals surface area contributed by atoms with Gasteiger partial charge >= 0.3 is 0 Å². The number of aromatic nitrogens is 1. The highest BCUT2D eigenvalue weighted by Gasteiger charge is 2.20. The van der Waals surface area contributed by atoms with E-state index in [0.717, 1.165) is 0 Å². The van der Waals surface area contributed by atoms with Crippen LogP contribution in [0.15, 0.2) is 42.5 Å². The summed E-state index contributed by atoms with van der Waals surface area (Å²) in [6, 6.07) is 10.9. The third-order valence-corrected chi connectivity index (χ3v) is 4.97. The SMILES string of the molecule is CCNC(=O)c1ccc(-c2cc(C(C)C)c(O)cc2O)n1Cc1ccc(O)c(O)c1. The van der Waals surface area contributed by atoms with Gasteiger partial charge in [0.2, 0.25) is 0 Å². The average Bonchev–Trinajstić information content (AvgIpc) is 3.08. The number of aromatic hydroxyl groups is 4. The molecule has 0 aliphatic heterocycles. The standard InChI is InChI=1S/C23H26N2O5/c1-4-24-23(30)18-7-6-17(16-10-15(13(2)3)20(27)11-21(16)28)25(18)12-14-5-8-19(26)22(29)9-14/h5-11,13,26-29H,4,12H2,1-3H3,(H,24,30). The van der Waals surface area contributed by atoms with Crippen LogP contribution in [0.2, 0.25) is 0 Å². The van der Waals surface area contributed by atoms with Gasteiger partial charge in [0.05, 0.1) is 5.69 Å². The number of nitrogens with zero attached hydrogens (tertiary/aromatic N) is 1. The summed E-state index contributed by atoms with van der Waals surface area (Å²) in [6.45, 7) is 6.38. The molecule has 1 heterocycles. The highest BCUT2D eigenvalue weighted by atomic mass is 16.3. The van der Waals surface area contributed by atoms with Gasteiger partial charge in [-0.25, -0.2) is 0 Å². The molecule has 1 amide bonds. The number of nitrogens with one attached hydrogen (secondary N) is 1. The Morgan fingerprint density at radius 3 is 2.30 bits per heavy atom. The molecule has 0 unspecified atom stereocenters. The summed E-state index contributed by atoms with van der Waals surface area (Å²) in [5, 5.41) is 42.9. The van der Waals surface area contributed by atoms with Gasteiger partial charge in [0, 0.05) is 24.7 Å². The molecular formula is C23H26N2O5. The molecule has 3 aromatic rings. The van der Waals surface area contributed by atoms with E-state index in [2.05, 4.69) is 5.32 Å². The molecule has 0 saturated carbocycles. The first kappa shape index (κ1) is 21.1. The molecule has 0 fully saturated rings. The zero-order valence-electron chi connectivity index (χ0n) is 17.2. The van der Waals surface area contributed by atoms with Gasteiger partial charge in [-0.15, -0.1) is 0 Å². The molecule has 0 spiro atoms. The van der Waals surface area contributed by atoms with Crippen molar-refractivity contribution in [3.63, 3.8) is 0 Å². The minimum atomic E-state index is -0.269. The summed E-state index contributed by atoms with van der Waals surface area (Å²) in [7, 11) is 0. The zero-order chi connectivity index (χ0) is 22.0. The average molecular weight is 410 g/mol. The lowest BCUT2D eigenvalue weighted by Gasteiger charge is -2.17. The number of phenolic OH excluding ortho intramolecular Hbond substituents is 4. The molecule has 5 N–H and O–H groups in total. The van der Waals surface area contributed by atoms with E-state index in [0.29, 0.717) is 34.6 Å². The van der Waals surface area contributed by atoms with Crippen LogP contribution in [0, 0.1) is 0 Å². The van der Waals surface area contributed by atoms with Gasteiger partial charge in [0.1, 0.15) is 17.2 Å². The predicted octanol–water partition coefficient (Wildman–Crippen LogP) is 3.90. The van der Waals surface area contributed by atoms with E-state index in [9.17, 15) is 25.2 Å². The molecule has 2 aromatic carbocycles. The van der Waals surface area contributed by atoms with E-state index in [1.807, 2.05) is 20.8 Å². The third-order valence-electron chi connectivity index (χ3n) is 4.97. The maximum atomic E-state index is 12.6. The van der Waals surface area contributed by atoms with Crippen molar-refractivity contribution in [1.82, 2.24) is 9.88 Å². The van der Waals surface area contributed by atoms with Crippen LogP contribution in [0.1, 0.15) is 48.3 Å². The molecule has 30 heavy (non-hydrogen) atoms. The highest BCUT2D eigenvalue weighted by Crippen LogP contribution is 2.39. The van der Waals surface area contributed by atoms with Crippen molar-refractivity contribution in [1.29, 1.82) is 0 Å². The molecule has 7 heteroatoms. The Bertz CT molecular complexity index is 1090. The second-order valence-electron chi connectivity index (χ2n) is 7.46. The molecule has 0 bridgehead atoms. The van der Waals surface area contributed by atoms with Crippen LogP contribution in [0.3, 0.4) is 0 Å². The summed E-state index contributed by atoms with van der Waals surface area (Å²) < 4.78 is 1.73. The molecule has 1 aromatic heterocycles. The van der Waals surface area contributed by atoms with E-state index in [1.165, 1.54) is 18.2 Å². The Morgan fingerprint density at radius 1 is 0.933 bits per heavy atom. The summed E-state index contributed by atoms with van der Waals surface area (Å²) in [4.78, 5) is 12.6. The minimum absolute atomic E-state index is 0.0109. The normalized spacial score (nSPS) is 11.1.